The number of hydrogen-bond acceptors (Lipinski definition) is 3. The maximum atomic E-state index is 10.9. The lowest BCUT2D eigenvalue weighted by molar-refractivity contribution is 0.0699. The Balaban J connectivity index is 0.00000128. The fraction of sp³-hybridized carbons (Fsp3) is 0.200. The number of halogens is 1. The molecule has 0 unspecified atom stereocenters. The van der Waals surface area contributed by atoms with Crippen LogP contribution in [0.25, 0.3) is 11.0 Å². The third-order valence-corrected chi connectivity index (χ3v) is 2.18. The number of nitrogens with one attached hydrogen (secondary N) is 1. The Bertz CT molecular complexity index is 536. The van der Waals surface area contributed by atoms with E-state index in [0.717, 1.165) is 0 Å². The Morgan fingerprint density at radius 3 is 2.75 bits per heavy atom. The molecule has 2 rings (SSSR count). The van der Waals surface area contributed by atoms with Crippen molar-refractivity contribution in [2.75, 3.05) is 7.11 Å². The quantitative estimate of drug-likeness (QED) is 0.845. The molecule has 16 heavy (non-hydrogen) atoms. The number of benzene rings is 1. The lowest BCUT2D eigenvalue weighted by atomic mass is 10.2. The van der Waals surface area contributed by atoms with Crippen molar-refractivity contribution in [1.82, 2.24) is 9.97 Å². The summed E-state index contributed by atoms with van der Waals surface area (Å²) < 4.78 is 5.10. The number of carboxylic acids is 1. The first kappa shape index (κ1) is 12.3. The van der Waals surface area contributed by atoms with Gasteiger partial charge in [-0.25, -0.2) is 9.78 Å². The molecule has 0 bridgehead atoms. The normalized spacial score (nSPS) is 9.88. The van der Waals surface area contributed by atoms with Crippen molar-refractivity contribution >= 4 is 29.4 Å². The first-order chi connectivity index (χ1) is 7.13. The second kappa shape index (κ2) is 4.40. The van der Waals surface area contributed by atoms with Gasteiger partial charge < -0.3 is 14.8 Å². The molecule has 0 aliphatic heterocycles. The summed E-state index contributed by atoms with van der Waals surface area (Å²) in [7, 11) is 1.53. The highest BCUT2D eigenvalue weighted by Gasteiger charge is 2.14. The molecule has 0 fully saturated rings. The van der Waals surface area contributed by atoms with Crippen molar-refractivity contribution in [3.05, 3.63) is 23.5 Å². The van der Waals surface area contributed by atoms with E-state index in [1.165, 1.54) is 13.2 Å². The topological polar surface area (TPSA) is 75.2 Å². The van der Waals surface area contributed by atoms with Gasteiger partial charge in [0.25, 0.3) is 0 Å². The summed E-state index contributed by atoms with van der Waals surface area (Å²) in [5.41, 5.74) is 1.25. The Morgan fingerprint density at radius 1 is 1.50 bits per heavy atom. The van der Waals surface area contributed by atoms with E-state index in [2.05, 4.69) is 9.97 Å². The van der Waals surface area contributed by atoms with Crippen LogP contribution in [0.3, 0.4) is 0 Å². The number of hydrogen-bond donors (Lipinski definition) is 2. The smallest absolute Gasteiger partial charge is 0.337 e. The van der Waals surface area contributed by atoms with E-state index in [9.17, 15) is 4.79 Å². The summed E-state index contributed by atoms with van der Waals surface area (Å²) in [6.45, 7) is 1.77. The summed E-state index contributed by atoms with van der Waals surface area (Å²) in [5.74, 6) is 0.252. The SMILES string of the molecule is COc1ccc(C(=O)O)c2[nH]c(C)nc12.Cl. The number of aromatic nitrogens is 2. The van der Waals surface area contributed by atoms with Gasteiger partial charge in [0.05, 0.1) is 18.2 Å². The molecular formula is C10H11ClN2O3. The van der Waals surface area contributed by atoms with Gasteiger partial charge in [0.1, 0.15) is 17.1 Å². The molecule has 2 aromatic rings. The van der Waals surface area contributed by atoms with Gasteiger partial charge in [-0.2, -0.15) is 0 Å². The minimum atomic E-state index is -0.980. The van der Waals surface area contributed by atoms with Crippen LogP contribution in [-0.2, 0) is 0 Å². The minimum Gasteiger partial charge on any atom is -0.494 e. The van der Waals surface area contributed by atoms with E-state index < -0.39 is 5.97 Å². The molecule has 0 saturated heterocycles. The Morgan fingerprint density at radius 2 is 2.19 bits per heavy atom. The summed E-state index contributed by atoms with van der Waals surface area (Å²) in [6, 6.07) is 3.10. The van der Waals surface area contributed by atoms with Crippen LogP contribution in [-0.4, -0.2) is 28.2 Å². The number of aromatic amines is 1. The first-order valence-corrected chi connectivity index (χ1v) is 4.40. The molecule has 0 saturated carbocycles. The van der Waals surface area contributed by atoms with Crippen LogP contribution in [0.1, 0.15) is 16.2 Å². The number of imidazole rings is 1. The molecule has 86 valence electrons. The molecule has 0 spiro atoms. The number of methoxy groups -OCH3 is 1. The zero-order chi connectivity index (χ0) is 11.0. The Hall–Kier alpha value is -1.75. The van der Waals surface area contributed by atoms with E-state index in [-0.39, 0.29) is 18.0 Å². The number of aromatic carboxylic acids is 1. The molecule has 1 heterocycles. The summed E-state index contributed by atoms with van der Waals surface area (Å²) in [5, 5.41) is 8.97. The maximum absolute atomic E-state index is 10.9. The Labute approximate surface area is 97.9 Å². The maximum Gasteiger partial charge on any atom is 0.337 e. The lowest BCUT2D eigenvalue weighted by Gasteiger charge is -2.02. The lowest BCUT2D eigenvalue weighted by Crippen LogP contribution is -1.98. The van der Waals surface area contributed by atoms with Gasteiger partial charge in [-0.05, 0) is 19.1 Å². The number of carbonyl (C=O) groups is 1. The zero-order valence-corrected chi connectivity index (χ0v) is 9.59. The second-order valence-electron chi connectivity index (χ2n) is 3.17. The van der Waals surface area contributed by atoms with Crippen LogP contribution in [0, 0.1) is 6.92 Å². The summed E-state index contributed by atoms with van der Waals surface area (Å²) in [6.07, 6.45) is 0. The third-order valence-electron chi connectivity index (χ3n) is 2.18. The molecule has 1 aromatic carbocycles. The van der Waals surface area contributed by atoms with Gasteiger partial charge >= 0.3 is 5.97 Å². The van der Waals surface area contributed by atoms with Crippen molar-refractivity contribution in [1.29, 1.82) is 0 Å². The average Bonchev–Trinajstić information content (AvgIpc) is 2.56. The summed E-state index contributed by atoms with van der Waals surface area (Å²) >= 11 is 0. The van der Waals surface area contributed by atoms with Crippen molar-refractivity contribution in [3.63, 3.8) is 0 Å². The highest BCUT2D eigenvalue weighted by molar-refractivity contribution is 6.02. The zero-order valence-electron chi connectivity index (χ0n) is 8.77. The number of ether oxygens (including phenoxy) is 1. The number of nitrogens with zero attached hydrogens (tertiary/aromatic N) is 1. The van der Waals surface area contributed by atoms with Gasteiger partial charge in [-0.3, -0.25) is 0 Å². The number of carboxylic acid groups (broad SMARTS) is 1. The molecule has 1 aromatic heterocycles. The van der Waals surface area contributed by atoms with E-state index in [0.29, 0.717) is 22.6 Å². The van der Waals surface area contributed by atoms with Crippen LogP contribution in [0.15, 0.2) is 12.1 Å². The van der Waals surface area contributed by atoms with Crippen LogP contribution < -0.4 is 4.74 Å². The number of aryl methyl sites for hydroxylation is 1. The van der Waals surface area contributed by atoms with Gasteiger partial charge in [0, 0.05) is 0 Å². The fourth-order valence-electron chi connectivity index (χ4n) is 1.53. The van der Waals surface area contributed by atoms with Crippen molar-refractivity contribution in [2.45, 2.75) is 6.92 Å². The molecule has 0 atom stereocenters. The fourth-order valence-corrected chi connectivity index (χ4v) is 1.53. The van der Waals surface area contributed by atoms with Gasteiger partial charge in [0.2, 0.25) is 0 Å². The minimum absolute atomic E-state index is 0. The standard InChI is InChI=1S/C10H10N2O3.ClH/c1-5-11-8-6(10(13)14)3-4-7(15-2)9(8)12-5;/h3-4H,1-2H3,(H,11,12)(H,13,14);1H. The van der Waals surface area contributed by atoms with Crippen LogP contribution in [0.2, 0.25) is 0 Å². The van der Waals surface area contributed by atoms with Gasteiger partial charge in [-0.1, -0.05) is 0 Å². The van der Waals surface area contributed by atoms with E-state index in [4.69, 9.17) is 9.84 Å². The second-order valence-corrected chi connectivity index (χ2v) is 3.17. The molecule has 0 aliphatic carbocycles. The monoisotopic (exact) mass is 242 g/mol. The largest absolute Gasteiger partial charge is 0.494 e. The molecule has 5 nitrogen and oxygen atoms in total. The van der Waals surface area contributed by atoms with Crippen LogP contribution >= 0.6 is 12.4 Å². The summed E-state index contributed by atoms with van der Waals surface area (Å²) in [4.78, 5) is 18.0. The number of H-pyrrole nitrogens is 1. The van der Waals surface area contributed by atoms with Gasteiger partial charge in [0.15, 0.2) is 0 Å². The predicted octanol–water partition coefficient (Wildman–Crippen LogP) is 2.00. The van der Waals surface area contributed by atoms with Gasteiger partial charge in [-0.15, -0.1) is 12.4 Å². The Kier molecular flexibility index (Phi) is 3.39. The van der Waals surface area contributed by atoms with Crippen LogP contribution in [0.5, 0.6) is 5.75 Å². The third kappa shape index (κ3) is 1.81. The molecule has 0 radical (unpaired) electrons. The molecule has 2 N–H and O–H groups in total. The van der Waals surface area contributed by atoms with E-state index in [1.54, 1.807) is 13.0 Å². The van der Waals surface area contributed by atoms with Crippen molar-refractivity contribution in [3.8, 4) is 5.75 Å². The molecular weight excluding hydrogens is 232 g/mol. The van der Waals surface area contributed by atoms with Crippen molar-refractivity contribution < 1.29 is 14.6 Å². The highest BCUT2D eigenvalue weighted by atomic mass is 35.5. The average molecular weight is 243 g/mol. The van der Waals surface area contributed by atoms with E-state index in [1.807, 2.05) is 0 Å². The number of fused-ring (bicyclic) bond motifs is 1. The van der Waals surface area contributed by atoms with Crippen molar-refractivity contribution in [2.24, 2.45) is 0 Å². The predicted molar refractivity (Wildman–Crippen MR) is 61.6 cm³/mol. The van der Waals surface area contributed by atoms with Crippen LogP contribution in [0.4, 0.5) is 0 Å². The molecule has 0 aliphatic rings. The first-order valence-electron chi connectivity index (χ1n) is 4.40. The molecule has 0 amide bonds. The number of rotatable bonds is 2. The highest BCUT2D eigenvalue weighted by Crippen LogP contribution is 2.26. The molecule has 6 heteroatoms. The van der Waals surface area contributed by atoms with E-state index >= 15 is 0 Å².